The molecule has 1 atom stereocenters. The Labute approximate surface area is 141 Å². The van der Waals surface area contributed by atoms with Gasteiger partial charge in [0.1, 0.15) is 0 Å². The predicted molar refractivity (Wildman–Crippen MR) is 96.7 cm³/mol. The molecular formula is C19H22BrCl. The molecule has 0 aromatic heterocycles. The van der Waals surface area contributed by atoms with Gasteiger partial charge in [0.05, 0.1) is 4.83 Å². The molecule has 0 saturated carbocycles. The Hall–Kier alpha value is -0.790. The summed E-state index contributed by atoms with van der Waals surface area (Å²) in [5, 5.41) is 0.781. The van der Waals surface area contributed by atoms with E-state index in [4.69, 9.17) is 11.6 Å². The third-order valence-corrected chi connectivity index (χ3v) is 5.64. The van der Waals surface area contributed by atoms with Crippen molar-refractivity contribution in [1.29, 1.82) is 0 Å². The summed E-state index contributed by atoms with van der Waals surface area (Å²) in [6.45, 7) is 8.93. The lowest BCUT2D eigenvalue weighted by atomic mass is 9.82. The number of alkyl halides is 1. The Balaban J connectivity index is 2.32. The van der Waals surface area contributed by atoms with Crippen LogP contribution < -0.4 is 0 Å². The van der Waals surface area contributed by atoms with E-state index in [0.717, 1.165) is 11.4 Å². The number of benzene rings is 2. The molecule has 21 heavy (non-hydrogen) atoms. The molecule has 112 valence electrons. The minimum absolute atomic E-state index is 0.176. The van der Waals surface area contributed by atoms with Crippen molar-refractivity contribution in [2.45, 2.75) is 44.4 Å². The van der Waals surface area contributed by atoms with Crippen LogP contribution in [0.4, 0.5) is 0 Å². The van der Waals surface area contributed by atoms with Crippen LogP contribution in [0.1, 0.15) is 54.3 Å². The average Bonchev–Trinajstić information content (AvgIpc) is 2.49. The van der Waals surface area contributed by atoms with Crippen molar-refractivity contribution in [1.82, 2.24) is 0 Å². The van der Waals surface area contributed by atoms with Crippen LogP contribution in [0, 0.1) is 6.92 Å². The average molecular weight is 366 g/mol. The van der Waals surface area contributed by atoms with E-state index in [1.165, 1.54) is 22.3 Å². The van der Waals surface area contributed by atoms with Crippen LogP contribution in [0.5, 0.6) is 0 Å². The second-order valence-electron chi connectivity index (χ2n) is 6.22. The first-order valence-corrected chi connectivity index (χ1v) is 8.65. The fourth-order valence-electron chi connectivity index (χ4n) is 2.37. The molecule has 0 N–H and O–H groups in total. The number of halogens is 2. The summed E-state index contributed by atoms with van der Waals surface area (Å²) in [7, 11) is 0. The summed E-state index contributed by atoms with van der Waals surface area (Å²) in [6.07, 6.45) is 1.14. The lowest BCUT2D eigenvalue weighted by Gasteiger charge is -2.24. The molecule has 2 aromatic rings. The van der Waals surface area contributed by atoms with E-state index >= 15 is 0 Å². The summed E-state index contributed by atoms with van der Waals surface area (Å²) in [5.74, 6) is 0. The molecule has 0 heterocycles. The molecule has 0 spiro atoms. The maximum Gasteiger partial charge on any atom is 0.0647 e. The van der Waals surface area contributed by atoms with Crippen LogP contribution in [-0.4, -0.2) is 0 Å². The Morgan fingerprint density at radius 3 is 2.29 bits per heavy atom. The Bertz CT molecular complexity index is 614. The van der Waals surface area contributed by atoms with Gasteiger partial charge in [-0.1, -0.05) is 78.6 Å². The molecule has 2 heteroatoms. The molecule has 1 unspecified atom stereocenters. The zero-order valence-corrected chi connectivity index (χ0v) is 15.4. The Morgan fingerprint density at radius 1 is 1.10 bits per heavy atom. The first-order chi connectivity index (χ1) is 9.85. The van der Waals surface area contributed by atoms with Crippen LogP contribution in [0.25, 0.3) is 0 Å². The van der Waals surface area contributed by atoms with Crippen molar-refractivity contribution in [3.8, 4) is 0 Å². The highest BCUT2D eigenvalue weighted by Crippen LogP contribution is 2.35. The largest absolute Gasteiger partial charge is 0.0843 e. The molecule has 0 aliphatic rings. The van der Waals surface area contributed by atoms with Crippen molar-refractivity contribution in [2.75, 3.05) is 0 Å². The fourth-order valence-corrected chi connectivity index (χ4v) is 3.35. The molecule has 0 aliphatic heterocycles. The van der Waals surface area contributed by atoms with Crippen molar-refractivity contribution in [3.63, 3.8) is 0 Å². The zero-order chi connectivity index (χ0) is 15.6. The topological polar surface area (TPSA) is 0 Å². The van der Waals surface area contributed by atoms with Crippen LogP contribution in [0.2, 0.25) is 5.02 Å². The molecule has 0 saturated heterocycles. The van der Waals surface area contributed by atoms with Crippen molar-refractivity contribution in [2.24, 2.45) is 0 Å². The second kappa shape index (κ2) is 6.54. The monoisotopic (exact) mass is 364 g/mol. The van der Waals surface area contributed by atoms with Gasteiger partial charge in [-0.25, -0.2) is 0 Å². The molecule has 0 fully saturated rings. The van der Waals surface area contributed by atoms with Crippen molar-refractivity contribution < 1.29 is 0 Å². The maximum absolute atomic E-state index is 6.13. The van der Waals surface area contributed by atoms with Gasteiger partial charge >= 0.3 is 0 Å². The summed E-state index contributed by atoms with van der Waals surface area (Å²) < 4.78 is 0. The lowest BCUT2D eigenvalue weighted by molar-refractivity contribution is 0.506. The Kier molecular flexibility index (Phi) is 5.16. The highest BCUT2D eigenvalue weighted by molar-refractivity contribution is 9.09. The summed E-state index contributed by atoms with van der Waals surface area (Å²) in [6, 6.07) is 15.0. The van der Waals surface area contributed by atoms with Crippen molar-refractivity contribution in [3.05, 3.63) is 69.7 Å². The highest BCUT2D eigenvalue weighted by atomic mass is 79.9. The molecule has 0 nitrogen and oxygen atoms in total. The van der Waals surface area contributed by atoms with Gasteiger partial charge in [0.15, 0.2) is 0 Å². The third-order valence-electron chi connectivity index (χ3n) is 4.38. The first-order valence-electron chi connectivity index (χ1n) is 7.35. The van der Waals surface area contributed by atoms with E-state index < -0.39 is 0 Å². The van der Waals surface area contributed by atoms with Gasteiger partial charge in [0, 0.05) is 5.02 Å². The van der Waals surface area contributed by atoms with Gasteiger partial charge in [-0.05, 0) is 53.1 Å². The first kappa shape index (κ1) is 16.6. The summed E-state index contributed by atoms with van der Waals surface area (Å²) in [4.78, 5) is 0.176. The molecule has 0 radical (unpaired) electrons. The standard InChI is InChI=1S/C19H22BrCl/c1-5-19(3,4)15-9-7-14(8-10-15)18(20)17-12-16(21)11-6-13(17)2/h6-12,18H,5H2,1-4H3. The van der Waals surface area contributed by atoms with Crippen LogP contribution in [0.15, 0.2) is 42.5 Å². The molecule has 0 amide bonds. The molecule has 0 bridgehead atoms. The van der Waals surface area contributed by atoms with Crippen LogP contribution in [0.3, 0.4) is 0 Å². The van der Waals surface area contributed by atoms with Gasteiger partial charge in [-0.2, -0.15) is 0 Å². The summed E-state index contributed by atoms with van der Waals surface area (Å²) >= 11 is 9.94. The zero-order valence-electron chi connectivity index (χ0n) is 13.1. The van der Waals surface area contributed by atoms with E-state index in [0.29, 0.717) is 0 Å². The molecule has 2 rings (SSSR count). The molecular weight excluding hydrogens is 344 g/mol. The fraction of sp³-hybridized carbons (Fsp3) is 0.368. The molecule has 2 aromatic carbocycles. The Morgan fingerprint density at radius 2 is 1.71 bits per heavy atom. The second-order valence-corrected chi connectivity index (χ2v) is 7.58. The quantitative estimate of drug-likeness (QED) is 0.521. The highest BCUT2D eigenvalue weighted by Gasteiger charge is 2.19. The number of aryl methyl sites for hydroxylation is 1. The van der Waals surface area contributed by atoms with Crippen LogP contribution in [-0.2, 0) is 5.41 Å². The van der Waals surface area contributed by atoms with Crippen LogP contribution >= 0.6 is 27.5 Å². The predicted octanol–water partition coefficient (Wildman–Crippen LogP) is 6.82. The maximum atomic E-state index is 6.13. The van der Waals surface area contributed by atoms with Gasteiger partial charge in [-0.3, -0.25) is 0 Å². The number of hydrogen-bond donors (Lipinski definition) is 0. The number of rotatable bonds is 4. The van der Waals surface area contributed by atoms with E-state index in [1.807, 2.05) is 12.1 Å². The minimum Gasteiger partial charge on any atom is -0.0843 e. The minimum atomic E-state index is 0.176. The van der Waals surface area contributed by atoms with Gasteiger partial charge in [0.25, 0.3) is 0 Å². The smallest absolute Gasteiger partial charge is 0.0647 e. The SMILES string of the molecule is CCC(C)(C)c1ccc(C(Br)c2cc(Cl)ccc2C)cc1. The van der Waals surface area contributed by atoms with Crippen molar-refractivity contribution >= 4 is 27.5 Å². The normalized spacial score (nSPS) is 13.2. The summed E-state index contributed by atoms with van der Waals surface area (Å²) in [5.41, 5.74) is 5.35. The van der Waals surface area contributed by atoms with Gasteiger partial charge in [0.2, 0.25) is 0 Å². The van der Waals surface area contributed by atoms with E-state index in [9.17, 15) is 0 Å². The van der Waals surface area contributed by atoms with Gasteiger partial charge in [-0.15, -0.1) is 0 Å². The van der Waals surface area contributed by atoms with E-state index in [-0.39, 0.29) is 10.2 Å². The molecule has 0 aliphatic carbocycles. The number of hydrogen-bond acceptors (Lipinski definition) is 0. The van der Waals surface area contributed by atoms with E-state index in [2.05, 4.69) is 74.0 Å². The van der Waals surface area contributed by atoms with Gasteiger partial charge < -0.3 is 0 Å². The lowest BCUT2D eigenvalue weighted by Crippen LogP contribution is -2.15. The third kappa shape index (κ3) is 3.70. The van der Waals surface area contributed by atoms with E-state index in [1.54, 1.807) is 0 Å².